The van der Waals surface area contributed by atoms with E-state index in [9.17, 15) is 4.79 Å². The van der Waals surface area contributed by atoms with E-state index in [0.29, 0.717) is 12.5 Å². The van der Waals surface area contributed by atoms with Gasteiger partial charge in [0, 0.05) is 25.7 Å². The van der Waals surface area contributed by atoms with Gasteiger partial charge < -0.3 is 14.7 Å². The lowest BCUT2D eigenvalue weighted by Crippen LogP contribution is -2.37. The number of carbonyl (C=O) groups is 1. The molecule has 1 rings (SSSR count). The van der Waals surface area contributed by atoms with Gasteiger partial charge in [-0.05, 0) is 39.3 Å². The Balaban J connectivity index is 2.06. The van der Waals surface area contributed by atoms with Gasteiger partial charge in [0.2, 0.25) is 0 Å². The minimum Gasteiger partial charge on any atom is -0.481 e. The Hall–Kier alpha value is -0.610. The van der Waals surface area contributed by atoms with Crippen LogP contribution in [0.1, 0.15) is 32.1 Å². The molecule has 0 bridgehead atoms. The highest BCUT2D eigenvalue weighted by atomic mass is 16.5. The third-order valence-electron chi connectivity index (χ3n) is 2.97. The van der Waals surface area contributed by atoms with Gasteiger partial charge in [0.15, 0.2) is 0 Å². The van der Waals surface area contributed by atoms with Gasteiger partial charge in [-0.25, -0.2) is 0 Å². The molecule has 1 fully saturated rings. The second-order valence-electron chi connectivity index (χ2n) is 4.17. The van der Waals surface area contributed by atoms with Crippen LogP contribution in [0.15, 0.2) is 0 Å². The first-order valence-electron chi connectivity index (χ1n) is 5.70. The van der Waals surface area contributed by atoms with Gasteiger partial charge in [-0.3, -0.25) is 4.79 Å². The number of carboxylic acid groups (broad SMARTS) is 1. The lowest BCUT2D eigenvalue weighted by atomic mass is 10.1. The Labute approximate surface area is 91.2 Å². The zero-order chi connectivity index (χ0) is 11.1. The molecule has 0 saturated carbocycles. The molecule has 1 saturated heterocycles. The zero-order valence-electron chi connectivity index (χ0n) is 9.45. The fourth-order valence-electron chi connectivity index (χ4n) is 1.95. The Morgan fingerprint density at radius 3 is 2.67 bits per heavy atom. The molecule has 0 aromatic rings. The maximum Gasteiger partial charge on any atom is 0.303 e. The smallest absolute Gasteiger partial charge is 0.303 e. The third kappa shape index (κ3) is 5.14. The Bertz CT molecular complexity index is 190. The van der Waals surface area contributed by atoms with Gasteiger partial charge in [-0.1, -0.05) is 0 Å². The second-order valence-corrected chi connectivity index (χ2v) is 4.17. The molecule has 1 heterocycles. The summed E-state index contributed by atoms with van der Waals surface area (Å²) in [5.74, 6) is -0.691. The standard InChI is InChI=1S/C11H21NO3/c1-12(7-3-2-4-11(13)14)10-5-8-15-9-6-10/h10H,2-9H2,1H3,(H,13,14). The van der Waals surface area contributed by atoms with Crippen molar-refractivity contribution < 1.29 is 14.6 Å². The molecule has 0 unspecified atom stereocenters. The lowest BCUT2D eigenvalue weighted by molar-refractivity contribution is -0.137. The first-order chi connectivity index (χ1) is 7.20. The van der Waals surface area contributed by atoms with Crippen LogP contribution in [0, 0.1) is 0 Å². The maximum absolute atomic E-state index is 10.3. The second kappa shape index (κ2) is 6.80. The minimum absolute atomic E-state index is 0.293. The van der Waals surface area contributed by atoms with Crippen molar-refractivity contribution in [2.24, 2.45) is 0 Å². The summed E-state index contributed by atoms with van der Waals surface area (Å²) in [5, 5.41) is 8.50. The summed E-state index contributed by atoms with van der Waals surface area (Å²) in [6, 6.07) is 0.628. The Morgan fingerprint density at radius 1 is 1.40 bits per heavy atom. The summed E-state index contributed by atoms with van der Waals surface area (Å²) in [6.45, 7) is 2.73. The van der Waals surface area contributed by atoms with Crippen molar-refractivity contribution in [2.45, 2.75) is 38.1 Å². The summed E-state index contributed by atoms with van der Waals surface area (Å²) in [5.41, 5.74) is 0. The van der Waals surface area contributed by atoms with E-state index in [1.807, 2.05) is 0 Å². The number of nitrogens with zero attached hydrogens (tertiary/aromatic N) is 1. The van der Waals surface area contributed by atoms with Crippen LogP contribution in [-0.2, 0) is 9.53 Å². The van der Waals surface area contributed by atoms with Crippen LogP contribution >= 0.6 is 0 Å². The van der Waals surface area contributed by atoms with Gasteiger partial charge in [-0.2, -0.15) is 0 Å². The predicted molar refractivity (Wildman–Crippen MR) is 58.0 cm³/mol. The van der Waals surface area contributed by atoms with E-state index in [2.05, 4.69) is 11.9 Å². The first-order valence-corrected chi connectivity index (χ1v) is 5.70. The molecular formula is C11H21NO3. The predicted octanol–water partition coefficient (Wildman–Crippen LogP) is 1.35. The van der Waals surface area contributed by atoms with E-state index in [0.717, 1.165) is 45.4 Å². The summed E-state index contributed by atoms with van der Waals surface area (Å²) in [7, 11) is 2.12. The fourth-order valence-corrected chi connectivity index (χ4v) is 1.95. The molecular weight excluding hydrogens is 194 g/mol. The summed E-state index contributed by atoms with van der Waals surface area (Å²) in [4.78, 5) is 12.7. The highest BCUT2D eigenvalue weighted by Crippen LogP contribution is 2.13. The Kier molecular flexibility index (Phi) is 5.65. The molecule has 88 valence electrons. The monoisotopic (exact) mass is 215 g/mol. The van der Waals surface area contributed by atoms with Crippen LogP contribution in [0.2, 0.25) is 0 Å². The van der Waals surface area contributed by atoms with Crippen molar-refractivity contribution >= 4 is 5.97 Å². The quantitative estimate of drug-likeness (QED) is 0.679. The highest BCUT2D eigenvalue weighted by molar-refractivity contribution is 5.66. The SMILES string of the molecule is CN(CCCCC(=O)O)C1CCOCC1. The third-order valence-corrected chi connectivity index (χ3v) is 2.97. The van der Waals surface area contributed by atoms with Crippen molar-refractivity contribution in [3.8, 4) is 0 Å². The van der Waals surface area contributed by atoms with E-state index in [1.54, 1.807) is 0 Å². The minimum atomic E-state index is -0.691. The van der Waals surface area contributed by atoms with E-state index in [1.165, 1.54) is 0 Å². The molecule has 0 aromatic carbocycles. The molecule has 0 atom stereocenters. The van der Waals surface area contributed by atoms with Gasteiger partial charge in [0.25, 0.3) is 0 Å². The van der Waals surface area contributed by atoms with E-state index in [-0.39, 0.29) is 0 Å². The van der Waals surface area contributed by atoms with Crippen LogP contribution in [-0.4, -0.2) is 48.8 Å². The largest absolute Gasteiger partial charge is 0.481 e. The van der Waals surface area contributed by atoms with Crippen molar-refractivity contribution in [1.29, 1.82) is 0 Å². The molecule has 1 aliphatic rings. The molecule has 0 amide bonds. The molecule has 0 aliphatic carbocycles. The van der Waals surface area contributed by atoms with Gasteiger partial charge in [0.05, 0.1) is 0 Å². The number of ether oxygens (including phenoxy) is 1. The number of hydrogen-bond donors (Lipinski definition) is 1. The zero-order valence-corrected chi connectivity index (χ0v) is 9.45. The van der Waals surface area contributed by atoms with E-state index >= 15 is 0 Å². The van der Waals surface area contributed by atoms with Crippen molar-refractivity contribution in [3.05, 3.63) is 0 Å². The van der Waals surface area contributed by atoms with Gasteiger partial charge >= 0.3 is 5.97 Å². The lowest BCUT2D eigenvalue weighted by Gasteiger charge is -2.31. The average Bonchev–Trinajstić information content (AvgIpc) is 2.25. The molecule has 15 heavy (non-hydrogen) atoms. The number of aliphatic carboxylic acids is 1. The topological polar surface area (TPSA) is 49.8 Å². The summed E-state index contributed by atoms with van der Waals surface area (Å²) >= 11 is 0. The molecule has 0 radical (unpaired) electrons. The van der Waals surface area contributed by atoms with Crippen LogP contribution in [0.25, 0.3) is 0 Å². The van der Waals surface area contributed by atoms with Gasteiger partial charge in [0.1, 0.15) is 0 Å². The first kappa shape index (κ1) is 12.5. The molecule has 0 spiro atoms. The highest BCUT2D eigenvalue weighted by Gasteiger charge is 2.17. The molecule has 4 heteroatoms. The molecule has 4 nitrogen and oxygen atoms in total. The van der Waals surface area contributed by atoms with Crippen molar-refractivity contribution in [2.75, 3.05) is 26.8 Å². The summed E-state index contributed by atoms with van der Waals surface area (Å²) in [6.07, 6.45) is 4.26. The normalized spacial score (nSPS) is 18.3. The number of hydrogen-bond acceptors (Lipinski definition) is 3. The van der Waals surface area contributed by atoms with Crippen LogP contribution in [0.3, 0.4) is 0 Å². The molecule has 0 aromatic heterocycles. The van der Waals surface area contributed by atoms with Crippen LogP contribution in [0.4, 0.5) is 0 Å². The van der Waals surface area contributed by atoms with Crippen LogP contribution in [0.5, 0.6) is 0 Å². The Morgan fingerprint density at radius 2 is 2.07 bits per heavy atom. The fraction of sp³-hybridized carbons (Fsp3) is 0.909. The van der Waals surface area contributed by atoms with Crippen LogP contribution < -0.4 is 0 Å². The van der Waals surface area contributed by atoms with Gasteiger partial charge in [-0.15, -0.1) is 0 Å². The number of unbranched alkanes of at least 4 members (excludes halogenated alkanes) is 1. The van der Waals surface area contributed by atoms with E-state index in [4.69, 9.17) is 9.84 Å². The van der Waals surface area contributed by atoms with Crippen molar-refractivity contribution in [1.82, 2.24) is 4.90 Å². The summed E-state index contributed by atoms with van der Waals surface area (Å²) < 4.78 is 5.30. The molecule has 1 N–H and O–H groups in total. The average molecular weight is 215 g/mol. The van der Waals surface area contributed by atoms with E-state index < -0.39 is 5.97 Å². The maximum atomic E-state index is 10.3. The number of carboxylic acids is 1. The number of rotatable bonds is 6. The molecule has 1 aliphatic heterocycles. The van der Waals surface area contributed by atoms with Crippen molar-refractivity contribution in [3.63, 3.8) is 0 Å².